The molecule has 0 unspecified atom stereocenters. The van der Waals surface area contributed by atoms with Gasteiger partial charge in [0.25, 0.3) is 5.91 Å². The second kappa shape index (κ2) is 10.7. The van der Waals surface area contributed by atoms with Crippen LogP contribution in [0.1, 0.15) is 25.3 Å². The van der Waals surface area contributed by atoms with E-state index in [1.807, 2.05) is 42.5 Å². The molecule has 0 radical (unpaired) electrons. The van der Waals surface area contributed by atoms with Gasteiger partial charge >= 0.3 is 0 Å². The Bertz CT molecular complexity index is 987. The normalized spacial score (nSPS) is 10.9. The predicted molar refractivity (Wildman–Crippen MR) is 112 cm³/mol. The minimum absolute atomic E-state index is 0.0926. The molecule has 3 rings (SSSR count). The van der Waals surface area contributed by atoms with Crippen LogP contribution in [0.4, 0.5) is 0 Å². The van der Waals surface area contributed by atoms with Crippen molar-refractivity contribution < 1.29 is 14.3 Å². The first kappa shape index (κ1) is 21.0. The first-order valence-corrected chi connectivity index (χ1v) is 9.65. The van der Waals surface area contributed by atoms with Gasteiger partial charge in [-0.25, -0.2) is 5.43 Å². The maximum atomic E-state index is 12.1. The number of carbonyl (C=O) groups is 1. The topological polar surface area (TPSA) is 104 Å². The molecule has 9 heteroatoms. The first-order valence-electron chi connectivity index (χ1n) is 9.65. The Morgan fingerprint density at radius 3 is 2.80 bits per heavy atom. The van der Waals surface area contributed by atoms with Gasteiger partial charge in [-0.2, -0.15) is 9.90 Å². The fourth-order valence-corrected chi connectivity index (χ4v) is 2.57. The van der Waals surface area contributed by atoms with Crippen molar-refractivity contribution in [2.75, 3.05) is 13.7 Å². The number of ether oxygens (including phenoxy) is 2. The maximum absolute atomic E-state index is 12.1. The van der Waals surface area contributed by atoms with Crippen LogP contribution in [0, 0.1) is 0 Å². The van der Waals surface area contributed by atoms with E-state index in [0.717, 1.165) is 24.0 Å². The zero-order chi connectivity index (χ0) is 21.2. The van der Waals surface area contributed by atoms with E-state index in [0.29, 0.717) is 23.9 Å². The van der Waals surface area contributed by atoms with Gasteiger partial charge in [0.15, 0.2) is 11.5 Å². The molecule has 0 atom stereocenters. The zero-order valence-corrected chi connectivity index (χ0v) is 17.0. The Morgan fingerprint density at radius 1 is 1.20 bits per heavy atom. The lowest BCUT2D eigenvalue weighted by molar-refractivity contribution is -0.122. The number of nitrogens with one attached hydrogen (secondary N) is 1. The van der Waals surface area contributed by atoms with Crippen molar-refractivity contribution >= 4 is 12.1 Å². The maximum Gasteiger partial charge on any atom is 0.263 e. The molecule has 9 nitrogen and oxygen atoms in total. The number of methoxy groups -OCH3 is 1. The highest BCUT2D eigenvalue weighted by Gasteiger charge is 2.09. The molecule has 1 aromatic heterocycles. The molecule has 0 saturated heterocycles. The van der Waals surface area contributed by atoms with Crippen LogP contribution in [0.3, 0.4) is 0 Å². The van der Waals surface area contributed by atoms with Crippen LogP contribution in [-0.4, -0.2) is 46.0 Å². The van der Waals surface area contributed by atoms with Gasteiger partial charge in [0.2, 0.25) is 5.82 Å². The van der Waals surface area contributed by atoms with Gasteiger partial charge in [-0.15, -0.1) is 10.2 Å². The third-order valence-electron chi connectivity index (χ3n) is 4.12. The number of unbranched alkanes of at least 4 members (excludes halogenated alkanes) is 1. The monoisotopic (exact) mass is 408 g/mol. The van der Waals surface area contributed by atoms with Crippen LogP contribution < -0.4 is 14.9 Å². The summed E-state index contributed by atoms with van der Waals surface area (Å²) in [5.41, 5.74) is 4.05. The lowest BCUT2D eigenvalue weighted by Gasteiger charge is -2.10. The molecular formula is C21H24N6O3. The number of carbonyl (C=O) groups excluding carboxylic acids is 1. The molecule has 0 bridgehead atoms. The van der Waals surface area contributed by atoms with Crippen LogP contribution in [0.2, 0.25) is 0 Å². The van der Waals surface area contributed by atoms with Crippen molar-refractivity contribution in [3.05, 3.63) is 54.1 Å². The molecule has 0 aliphatic carbocycles. The van der Waals surface area contributed by atoms with Crippen molar-refractivity contribution in [1.29, 1.82) is 0 Å². The molecule has 0 saturated carbocycles. The van der Waals surface area contributed by atoms with Gasteiger partial charge in [-0.3, -0.25) is 4.79 Å². The Kier molecular flexibility index (Phi) is 7.48. The molecule has 0 spiro atoms. The van der Waals surface area contributed by atoms with Crippen LogP contribution in [0.25, 0.3) is 11.4 Å². The summed E-state index contributed by atoms with van der Waals surface area (Å²) in [5.74, 6) is 1.38. The number of tetrazole rings is 1. The Morgan fingerprint density at radius 2 is 2.03 bits per heavy atom. The number of nitrogens with zero attached hydrogens (tertiary/aromatic N) is 5. The number of hydrogen-bond donors (Lipinski definition) is 1. The van der Waals surface area contributed by atoms with E-state index < -0.39 is 0 Å². The van der Waals surface area contributed by atoms with Crippen LogP contribution >= 0.6 is 0 Å². The fourth-order valence-electron chi connectivity index (χ4n) is 2.57. The van der Waals surface area contributed by atoms with Crippen LogP contribution in [0.5, 0.6) is 11.5 Å². The summed E-state index contributed by atoms with van der Waals surface area (Å²) < 4.78 is 11.1. The molecule has 3 aromatic rings. The summed E-state index contributed by atoms with van der Waals surface area (Å²) in [6, 6.07) is 14.9. The summed E-state index contributed by atoms with van der Waals surface area (Å²) in [7, 11) is 1.58. The third kappa shape index (κ3) is 5.87. The lowest BCUT2D eigenvalue weighted by atomic mass is 10.2. The van der Waals surface area contributed by atoms with E-state index in [9.17, 15) is 4.79 Å². The van der Waals surface area contributed by atoms with E-state index in [1.54, 1.807) is 13.2 Å². The SMILES string of the molecule is CCCCOc1ccc(/C=N/NC(=O)Cn2nnc(-c3ccccc3)n2)cc1OC. The van der Waals surface area contributed by atoms with Crippen molar-refractivity contribution in [3.8, 4) is 22.9 Å². The number of amides is 1. The molecule has 0 aliphatic rings. The standard InChI is InChI=1S/C21H24N6O3/c1-3-4-12-30-18-11-10-16(13-19(18)29-2)14-22-23-20(28)15-27-25-21(24-26-27)17-8-6-5-7-9-17/h5-11,13-14H,3-4,12,15H2,1-2H3,(H,23,28)/b22-14+. The van der Waals surface area contributed by atoms with Gasteiger partial charge in [0.1, 0.15) is 6.54 Å². The molecule has 0 fully saturated rings. The second-order valence-electron chi connectivity index (χ2n) is 6.41. The molecule has 1 heterocycles. The second-order valence-corrected chi connectivity index (χ2v) is 6.41. The summed E-state index contributed by atoms with van der Waals surface area (Å²) in [5, 5.41) is 16.0. The smallest absolute Gasteiger partial charge is 0.263 e. The lowest BCUT2D eigenvalue weighted by Crippen LogP contribution is -2.24. The highest BCUT2D eigenvalue weighted by molar-refractivity contribution is 5.83. The van der Waals surface area contributed by atoms with Crippen molar-refractivity contribution in [3.63, 3.8) is 0 Å². The average molecular weight is 408 g/mol. The van der Waals surface area contributed by atoms with Gasteiger partial charge in [0.05, 0.1) is 19.9 Å². The quantitative estimate of drug-likeness (QED) is 0.314. The summed E-state index contributed by atoms with van der Waals surface area (Å²) in [4.78, 5) is 13.3. The van der Waals surface area contributed by atoms with Crippen molar-refractivity contribution in [2.24, 2.45) is 5.10 Å². The van der Waals surface area contributed by atoms with E-state index in [-0.39, 0.29) is 12.5 Å². The highest BCUT2D eigenvalue weighted by atomic mass is 16.5. The number of benzene rings is 2. The Balaban J connectivity index is 1.54. The molecule has 2 aromatic carbocycles. The molecule has 1 amide bonds. The van der Waals surface area contributed by atoms with E-state index in [4.69, 9.17) is 9.47 Å². The minimum atomic E-state index is -0.366. The number of aromatic nitrogens is 4. The van der Waals surface area contributed by atoms with Crippen molar-refractivity contribution in [2.45, 2.75) is 26.3 Å². The summed E-state index contributed by atoms with van der Waals surface area (Å²) >= 11 is 0. The Labute approximate surface area is 174 Å². The predicted octanol–water partition coefficient (Wildman–Crippen LogP) is 2.68. The summed E-state index contributed by atoms with van der Waals surface area (Å²) in [6.07, 6.45) is 3.57. The third-order valence-corrected chi connectivity index (χ3v) is 4.12. The fraction of sp³-hybridized carbons (Fsp3) is 0.286. The number of hydrogen-bond acceptors (Lipinski definition) is 7. The van der Waals surface area contributed by atoms with Gasteiger partial charge in [-0.1, -0.05) is 43.7 Å². The zero-order valence-electron chi connectivity index (χ0n) is 17.0. The van der Waals surface area contributed by atoms with E-state index in [2.05, 4.69) is 32.9 Å². The molecule has 30 heavy (non-hydrogen) atoms. The van der Waals surface area contributed by atoms with Gasteiger partial charge in [0, 0.05) is 5.56 Å². The average Bonchev–Trinajstić information content (AvgIpc) is 3.23. The Hall–Kier alpha value is -3.75. The van der Waals surface area contributed by atoms with Gasteiger partial charge in [-0.05, 0) is 35.4 Å². The van der Waals surface area contributed by atoms with Crippen molar-refractivity contribution in [1.82, 2.24) is 25.6 Å². The largest absolute Gasteiger partial charge is 0.493 e. The minimum Gasteiger partial charge on any atom is -0.493 e. The van der Waals surface area contributed by atoms with E-state index in [1.165, 1.54) is 11.0 Å². The van der Waals surface area contributed by atoms with Gasteiger partial charge < -0.3 is 9.47 Å². The van der Waals surface area contributed by atoms with Crippen LogP contribution in [0.15, 0.2) is 53.6 Å². The summed E-state index contributed by atoms with van der Waals surface area (Å²) in [6.45, 7) is 2.65. The molecule has 156 valence electrons. The number of rotatable bonds is 10. The first-order chi connectivity index (χ1) is 14.7. The molecule has 0 aliphatic heterocycles. The van der Waals surface area contributed by atoms with E-state index >= 15 is 0 Å². The highest BCUT2D eigenvalue weighted by Crippen LogP contribution is 2.27. The molecular weight excluding hydrogens is 384 g/mol. The molecule has 1 N–H and O–H groups in total. The van der Waals surface area contributed by atoms with Crippen LogP contribution in [-0.2, 0) is 11.3 Å². The number of hydrazone groups is 1.